The van der Waals surface area contributed by atoms with E-state index in [1.165, 1.54) is 44.9 Å². The van der Waals surface area contributed by atoms with Crippen LogP contribution >= 0.6 is 0 Å². The van der Waals surface area contributed by atoms with Gasteiger partial charge in [-0.2, -0.15) is 0 Å². The molecule has 2 fully saturated rings. The number of nitrogens with one attached hydrogen (secondary N) is 1. The molecule has 2 aromatic carbocycles. The first-order chi connectivity index (χ1) is 15.1. The molecule has 1 saturated carbocycles. The van der Waals surface area contributed by atoms with Crippen molar-refractivity contribution in [1.82, 2.24) is 9.97 Å². The summed E-state index contributed by atoms with van der Waals surface area (Å²) in [5, 5.41) is 0.429. The van der Waals surface area contributed by atoms with Gasteiger partial charge in [-0.15, -0.1) is 0 Å². The number of benzene rings is 2. The summed E-state index contributed by atoms with van der Waals surface area (Å²) in [6, 6.07) is 11.8. The molecule has 1 atom stereocenters. The van der Waals surface area contributed by atoms with Gasteiger partial charge in [-0.1, -0.05) is 19.3 Å². The monoisotopic (exact) mass is 419 g/mol. The second-order valence-corrected chi connectivity index (χ2v) is 8.81. The van der Waals surface area contributed by atoms with Crippen LogP contribution in [0.3, 0.4) is 0 Å². The van der Waals surface area contributed by atoms with Crippen LogP contribution in [0.1, 0.15) is 32.1 Å². The standard InChI is InChI=1S/C25H29N3O3/c1-30-20-13-21-23(22(14-20)31-2)25(29)27-24(26-21)18-7-9-19(10-8-18)28-12-11-17(15-28)6-5-16-3-4-16/h7-10,13-14,16-17H,3-6,11-12,15H2,1-2H3,(H,26,27,29). The fraction of sp³-hybridized carbons (Fsp3) is 0.440. The molecular weight excluding hydrogens is 390 g/mol. The first-order valence-electron chi connectivity index (χ1n) is 11.2. The molecule has 6 heteroatoms. The van der Waals surface area contributed by atoms with Crippen LogP contribution in [-0.4, -0.2) is 37.3 Å². The van der Waals surface area contributed by atoms with E-state index in [9.17, 15) is 4.79 Å². The van der Waals surface area contributed by atoms with Crippen molar-refractivity contribution < 1.29 is 9.47 Å². The Morgan fingerprint density at radius 1 is 1.03 bits per heavy atom. The quantitative estimate of drug-likeness (QED) is 0.605. The predicted octanol–water partition coefficient (Wildman–Crippen LogP) is 4.62. The van der Waals surface area contributed by atoms with Crippen LogP contribution in [0.2, 0.25) is 0 Å². The third kappa shape index (κ3) is 4.11. The van der Waals surface area contributed by atoms with E-state index in [-0.39, 0.29) is 5.56 Å². The Morgan fingerprint density at radius 3 is 2.52 bits per heavy atom. The zero-order valence-electron chi connectivity index (χ0n) is 18.2. The lowest BCUT2D eigenvalue weighted by Gasteiger charge is -2.19. The van der Waals surface area contributed by atoms with Crippen LogP contribution in [0.15, 0.2) is 41.2 Å². The van der Waals surface area contributed by atoms with E-state index in [1.54, 1.807) is 19.2 Å². The molecule has 3 aromatic rings. The summed E-state index contributed by atoms with van der Waals surface area (Å²) in [6.07, 6.45) is 6.96. The summed E-state index contributed by atoms with van der Waals surface area (Å²) < 4.78 is 10.7. The summed E-state index contributed by atoms with van der Waals surface area (Å²) in [5.74, 6) is 3.45. The summed E-state index contributed by atoms with van der Waals surface area (Å²) in [7, 11) is 3.12. The maximum absolute atomic E-state index is 12.8. The number of nitrogens with zero attached hydrogens (tertiary/aromatic N) is 2. The molecule has 1 unspecified atom stereocenters. The topological polar surface area (TPSA) is 67.5 Å². The first kappa shape index (κ1) is 19.9. The third-order valence-corrected chi connectivity index (χ3v) is 6.67. The predicted molar refractivity (Wildman–Crippen MR) is 123 cm³/mol. The van der Waals surface area contributed by atoms with Gasteiger partial charge in [-0.25, -0.2) is 4.98 Å². The molecule has 2 aliphatic rings. The molecule has 1 aromatic heterocycles. The van der Waals surface area contributed by atoms with Crippen molar-refractivity contribution in [3.8, 4) is 22.9 Å². The van der Waals surface area contributed by atoms with E-state index in [2.05, 4.69) is 27.0 Å². The van der Waals surface area contributed by atoms with Gasteiger partial charge in [-0.05, 0) is 48.9 Å². The number of anilines is 1. The van der Waals surface area contributed by atoms with Gasteiger partial charge in [-0.3, -0.25) is 4.79 Å². The van der Waals surface area contributed by atoms with Crippen molar-refractivity contribution in [2.75, 3.05) is 32.2 Å². The number of hydrogen-bond donors (Lipinski definition) is 1. The van der Waals surface area contributed by atoms with Crippen molar-refractivity contribution in [2.24, 2.45) is 11.8 Å². The van der Waals surface area contributed by atoms with Crippen LogP contribution < -0.4 is 19.9 Å². The molecule has 6 nitrogen and oxygen atoms in total. The molecule has 1 aliphatic heterocycles. The van der Waals surface area contributed by atoms with E-state index >= 15 is 0 Å². The number of hydrogen-bond acceptors (Lipinski definition) is 5. The number of aromatic amines is 1. The van der Waals surface area contributed by atoms with Gasteiger partial charge in [0.05, 0.1) is 19.7 Å². The average Bonchev–Trinajstić information content (AvgIpc) is 3.52. The highest BCUT2D eigenvalue weighted by molar-refractivity contribution is 5.87. The lowest BCUT2D eigenvalue weighted by atomic mass is 10.0. The minimum atomic E-state index is -0.221. The highest BCUT2D eigenvalue weighted by Crippen LogP contribution is 2.37. The Kier molecular flexibility index (Phi) is 5.30. The average molecular weight is 420 g/mol. The Bertz CT molecular complexity index is 1140. The summed E-state index contributed by atoms with van der Waals surface area (Å²) >= 11 is 0. The third-order valence-electron chi connectivity index (χ3n) is 6.67. The number of methoxy groups -OCH3 is 2. The Morgan fingerprint density at radius 2 is 1.81 bits per heavy atom. The van der Waals surface area contributed by atoms with Crippen LogP contribution in [0.25, 0.3) is 22.3 Å². The molecule has 1 N–H and O–H groups in total. The van der Waals surface area contributed by atoms with Crippen molar-refractivity contribution in [3.63, 3.8) is 0 Å². The van der Waals surface area contributed by atoms with Crippen LogP contribution in [0.5, 0.6) is 11.5 Å². The zero-order chi connectivity index (χ0) is 21.4. The fourth-order valence-electron chi connectivity index (χ4n) is 4.64. The number of aromatic nitrogens is 2. The van der Waals surface area contributed by atoms with Crippen LogP contribution in [-0.2, 0) is 0 Å². The maximum Gasteiger partial charge on any atom is 0.262 e. The normalized spacial score (nSPS) is 18.5. The second-order valence-electron chi connectivity index (χ2n) is 8.81. The molecule has 0 radical (unpaired) electrons. The number of ether oxygens (including phenoxy) is 2. The van der Waals surface area contributed by atoms with E-state index in [1.807, 2.05) is 12.1 Å². The molecule has 1 aliphatic carbocycles. The van der Waals surface area contributed by atoms with Gasteiger partial charge >= 0.3 is 0 Å². The van der Waals surface area contributed by atoms with Gasteiger partial charge in [0.25, 0.3) is 5.56 Å². The summed E-state index contributed by atoms with van der Waals surface area (Å²) in [5.41, 5.74) is 2.46. The Hall–Kier alpha value is -3.02. The molecule has 2 heterocycles. The molecule has 0 bridgehead atoms. The van der Waals surface area contributed by atoms with Crippen LogP contribution in [0.4, 0.5) is 5.69 Å². The lowest BCUT2D eigenvalue weighted by molar-refractivity contribution is 0.397. The Labute approximate surface area is 182 Å². The minimum Gasteiger partial charge on any atom is -0.497 e. The highest BCUT2D eigenvalue weighted by atomic mass is 16.5. The zero-order valence-corrected chi connectivity index (χ0v) is 18.2. The second kappa shape index (κ2) is 8.25. The van der Waals surface area contributed by atoms with Crippen molar-refractivity contribution in [1.29, 1.82) is 0 Å². The molecule has 31 heavy (non-hydrogen) atoms. The SMILES string of the molecule is COc1cc(OC)c2c(=O)[nH]c(-c3ccc(N4CCC(CCC5CC5)C4)cc3)nc2c1. The molecule has 1 saturated heterocycles. The lowest BCUT2D eigenvalue weighted by Crippen LogP contribution is -2.19. The van der Waals surface area contributed by atoms with Crippen molar-refractivity contribution >= 4 is 16.6 Å². The molecule has 0 spiro atoms. The highest BCUT2D eigenvalue weighted by Gasteiger charge is 2.26. The van der Waals surface area contributed by atoms with E-state index in [0.717, 1.165) is 30.5 Å². The smallest absolute Gasteiger partial charge is 0.262 e. The molecule has 0 amide bonds. The Balaban J connectivity index is 1.37. The van der Waals surface area contributed by atoms with E-state index in [0.29, 0.717) is 28.2 Å². The summed E-state index contributed by atoms with van der Waals surface area (Å²) in [6.45, 7) is 2.27. The van der Waals surface area contributed by atoms with Crippen molar-refractivity contribution in [3.05, 3.63) is 46.8 Å². The van der Waals surface area contributed by atoms with E-state index in [4.69, 9.17) is 9.47 Å². The molecular formula is C25H29N3O3. The summed E-state index contributed by atoms with van der Waals surface area (Å²) in [4.78, 5) is 22.8. The van der Waals surface area contributed by atoms with Crippen molar-refractivity contribution in [2.45, 2.75) is 32.1 Å². The minimum absolute atomic E-state index is 0.221. The molecule has 162 valence electrons. The number of rotatable bonds is 7. The molecule has 5 rings (SSSR count). The first-order valence-corrected chi connectivity index (χ1v) is 11.2. The largest absolute Gasteiger partial charge is 0.497 e. The van der Waals surface area contributed by atoms with Crippen LogP contribution in [0, 0.1) is 11.8 Å². The number of H-pyrrole nitrogens is 1. The number of fused-ring (bicyclic) bond motifs is 1. The maximum atomic E-state index is 12.8. The van der Waals surface area contributed by atoms with E-state index < -0.39 is 0 Å². The van der Waals surface area contributed by atoms with Gasteiger partial charge in [0, 0.05) is 36.5 Å². The fourth-order valence-corrected chi connectivity index (χ4v) is 4.64. The van der Waals surface area contributed by atoms with Gasteiger partial charge in [0.1, 0.15) is 22.7 Å². The van der Waals surface area contributed by atoms with Gasteiger partial charge in [0.2, 0.25) is 0 Å². The van der Waals surface area contributed by atoms with Gasteiger partial charge < -0.3 is 19.4 Å². The van der Waals surface area contributed by atoms with Gasteiger partial charge in [0.15, 0.2) is 0 Å².